The number of anilines is 2. The lowest BCUT2D eigenvalue weighted by atomic mass is 10.2. The van der Waals surface area contributed by atoms with Gasteiger partial charge in [0.05, 0.1) is 17.8 Å². The fraction of sp³-hybridized carbons (Fsp3) is 0.211. The van der Waals surface area contributed by atoms with Gasteiger partial charge in [0, 0.05) is 29.2 Å². The molecule has 0 aliphatic heterocycles. The number of carbonyl (C=O) groups excluding carboxylic acids is 1. The molecule has 3 rings (SSSR count). The van der Waals surface area contributed by atoms with Crippen LogP contribution in [0.4, 0.5) is 24.7 Å². The number of primary amides is 1. The minimum Gasteiger partial charge on any atom is -0.406 e. The van der Waals surface area contributed by atoms with Crippen LogP contribution in [0.25, 0.3) is 5.69 Å². The van der Waals surface area contributed by atoms with Gasteiger partial charge in [0.2, 0.25) is 5.91 Å². The molecule has 1 aromatic carbocycles. The molecule has 0 aliphatic carbocycles. The van der Waals surface area contributed by atoms with Crippen molar-refractivity contribution in [1.82, 2.24) is 14.8 Å². The summed E-state index contributed by atoms with van der Waals surface area (Å²) in [7, 11) is 0. The van der Waals surface area contributed by atoms with Crippen molar-refractivity contribution in [3.05, 3.63) is 59.5 Å². The highest BCUT2D eigenvalue weighted by molar-refractivity contribution is 5.77. The Morgan fingerprint density at radius 2 is 2.00 bits per heavy atom. The maximum absolute atomic E-state index is 12.5. The van der Waals surface area contributed by atoms with Crippen LogP contribution in [0.2, 0.25) is 0 Å². The van der Waals surface area contributed by atoms with E-state index < -0.39 is 12.3 Å². The van der Waals surface area contributed by atoms with E-state index in [-0.39, 0.29) is 12.2 Å². The minimum atomic E-state index is -4.79. The molecule has 0 saturated heterocycles. The van der Waals surface area contributed by atoms with Crippen LogP contribution in [0.3, 0.4) is 0 Å². The van der Waals surface area contributed by atoms with Gasteiger partial charge in [-0.3, -0.25) is 9.78 Å². The summed E-state index contributed by atoms with van der Waals surface area (Å²) in [6, 6.07) is 8.92. The van der Waals surface area contributed by atoms with E-state index in [1.54, 1.807) is 36.0 Å². The number of aryl methyl sites for hydroxylation is 1. The summed E-state index contributed by atoms with van der Waals surface area (Å²) >= 11 is 0. The molecule has 29 heavy (non-hydrogen) atoms. The maximum atomic E-state index is 12.5. The molecule has 3 aromatic rings. The third-order valence-electron chi connectivity index (χ3n) is 4.04. The number of halogens is 3. The largest absolute Gasteiger partial charge is 0.573 e. The smallest absolute Gasteiger partial charge is 0.406 e. The van der Waals surface area contributed by atoms with Crippen molar-refractivity contribution >= 4 is 17.4 Å². The van der Waals surface area contributed by atoms with E-state index in [0.29, 0.717) is 28.5 Å². The zero-order chi connectivity index (χ0) is 21.2. The zero-order valence-electron chi connectivity index (χ0n) is 15.6. The molecule has 0 radical (unpaired) electrons. The van der Waals surface area contributed by atoms with Crippen LogP contribution in [0.5, 0.6) is 5.75 Å². The zero-order valence-corrected chi connectivity index (χ0v) is 15.6. The summed E-state index contributed by atoms with van der Waals surface area (Å²) in [6.07, 6.45) is -3.23. The molecule has 0 bridgehead atoms. The molecule has 0 atom stereocenters. The van der Waals surface area contributed by atoms with E-state index in [4.69, 9.17) is 5.73 Å². The number of hydrogen-bond donors (Lipinski definition) is 2. The number of amides is 1. The molecule has 2 heterocycles. The van der Waals surface area contributed by atoms with Crippen LogP contribution in [-0.4, -0.2) is 27.0 Å². The van der Waals surface area contributed by atoms with E-state index in [9.17, 15) is 18.0 Å². The highest BCUT2D eigenvalue weighted by Crippen LogP contribution is 2.29. The molecule has 0 unspecified atom stereocenters. The fourth-order valence-electron chi connectivity index (χ4n) is 2.81. The van der Waals surface area contributed by atoms with Crippen molar-refractivity contribution in [2.45, 2.75) is 26.6 Å². The lowest BCUT2D eigenvalue weighted by Crippen LogP contribution is -2.17. The number of rotatable bonds is 6. The van der Waals surface area contributed by atoms with Crippen molar-refractivity contribution in [3.63, 3.8) is 0 Å². The number of benzene rings is 1. The Balaban J connectivity index is 1.98. The first-order valence-electron chi connectivity index (χ1n) is 8.55. The predicted molar refractivity (Wildman–Crippen MR) is 100 cm³/mol. The first-order valence-corrected chi connectivity index (χ1v) is 8.55. The van der Waals surface area contributed by atoms with Crippen molar-refractivity contribution < 1.29 is 22.7 Å². The summed E-state index contributed by atoms with van der Waals surface area (Å²) in [5, 5.41) is 7.45. The van der Waals surface area contributed by atoms with Crippen LogP contribution in [-0.2, 0) is 11.2 Å². The topological polar surface area (TPSA) is 95.1 Å². The normalized spacial score (nSPS) is 11.3. The Morgan fingerprint density at radius 3 is 2.66 bits per heavy atom. The van der Waals surface area contributed by atoms with Crippen molar-refractivity contribution in [1.29, 1.82) is 0 Å². The van der Waals surface area contributed by atoms with E-state index in [1.165, 1.54) is 18.2 Å². The van der Waals surface area contributed by atoms with Crippen molar-refractivity contribution in [2.24, 2.45) is 5.73 Å². The quantitative estimate of drug-likeness (QED) is 0.654. The number of nitrogens with two attached hydrogens (primary N) is 1. The van der Waals surface area contributed by atoms with Crippen LogP contribution < -0.4 is 15.8 Å². The van der Waals surface area contributed by atoms with Crippen LogP contribution >= 0.6 is 0 Å². The van der Waals surface area contributed by atoms with Gasteiger partial charge >= 0.3 is 6.36 Å². The number of nitrogens with zero attached hydrogens (tertiary/aromatic N) is 3. The molecule has 3 N–H and O–H groups in total. The van der Waals surface area contributed by atoms with Crippen LogP contribution in [0.1, 0.15) is 17.0 Å². The molecule has 1 amide bonds. The number of carbonyl (C=O) groups is 1. The number of alkyl halides is 3. The molecule has 7 nitrogen and oxygen atoms in total. The van der Waals surface area contributed by atoms with E-state index >= 15 is 0 Å². The lowest BCUT2D eigenvalue weighted by Gasteiger charge is -2.10. The number of nitrogens with one attached hydrogen (secondary N) is 1. The molecular weight excluding hydrogens is 387 g/mol. The number of aromatic nitrogens is 3. The Bertz CT molecular complexity index is 1050. The summed E-state index contributed by atoms with van der Waals surface area (Å²) in [5.74, 6) is -0.520. The number of ether oxygens (including phenoxy) is 1. The molecule has 152 valence electrons. The molecule has 2 aromatic heterocycles. The highest BCUT2D eigenvalue weighted by atomic mass is 19.4. The van der Waals surface area contributed by atoms with Crippen molar-refractivity contribution in [3.8, 4) is 11.4 Å². The summed E-state index contributed by atoms with van der Waals surface area (Å²) in [5.41, 5.74) is 8.36. The molecule has 0 spiro atoms. The molecular formula is C19H18F3N5O2. The van der Waals surface area contributed by atoms with Gasteiger partial charge in [0.1, 0.15) is 5.75 Å². The van der Waals surface area contributed by atoms with Gasteiger partial charge in [-0.15, -0.1) is 18.3 Å². The van der Waals surface area contributed by atoms with E-state index in [1.807, 2.05) is 6.92 Å². The second-order valence-electron chi connectivity index (χ2n) is 6.33. The monoisotopic (exact) mass is 405 g/mol. The molecule has 10 heteroatoms. The second kappa shape index (κ2) is 7.82. The lowest BCUT2D eigenvalue weighted by molar-refractivity contribution is -0.274. The summed E-state index contributed by atoms with van der Waals surface area (Å²) in [6.45, 7) is 3.56. The van der Waals surface area contributed by atoms with Gasteiger partial charge in [-0.25, -0.2) is 4.68 Å². The number of hydrogen-bond acceptors (Lipinski definition) is 5. The standard InChI is InChI=1S/C19H18F3N5O2/c1-11-8-14(6-7-24-11)27-16(10-17(23)28)12(2)18(26-27)25-13-4-3-5-15(9-13)29-19(20,21)22/h3-9H,10H2,1-2H3,(H2,23,28)(H,25,26). The third-order valence-corrected chi connectivity index (χ3v) is 4.04. The predicted octanol–water partition coefficient (Wildman–Crippen LogP) is 3.55. The van der Waals surface area contributed by atoms with Crippen LogP contribution in [0, 0.1) is 13.8 Å². The number of pyridine rings is 1. The SMILES string of the molecule is Cc1cc(-n2nc(Nc3cccc(OC(F)(F)F)c3)c(C)c2CC(N)=O)ccn1. The van der Waals surface area contributed by atoms with E-state index in [0.717, 1.165) is 5.69 Å². The van der Waals surface area contributed by atoms with Crippen molar-refractivity contribution in [2.75, 3.05) is 5.32 Å². The minimum absolute atomic E-state index is 0.0564. The van der Waals surface area contributed by atoms with Gasteiger partial charge in [-0.1, -0.05) is 6.07 Å². The van der Waals surface area contributed by atoms with Gasteiger partial charge in [0.25, 0.3) is 0 Å². The summed E-state index contributed by atoms with van der Waals surface area (Å²) < 4.78 is 42.9. The van der Waals surface area contributed by atoms with Gasteiger partial charge in [-0.2, -0.15) is 0 Å². The fourth-order valence-corrected chi connectivity index (χ4v) is 2.81. The highest BCUT2D eigenvalue weighted by Gasteiger charge is 2.31. The van der Waals surface area contributed by atoms with Gasteiger partial charge < -0.3 is 15.8 Å². The van der Waals surface area contributed by atoms with Crippen LogP contribution in [0.15, 0.2) is 42.6 Å². The average molecular weight is 405 g/mol. The van der Waals surface area contributed by atoms with Gasteiger partial charge in [0.15, 0.2) is 5.82 Å². The first kappa shape index (κ1) is 20.2. The molecule has 0 saturated carbocycles. The third kappa shape index (κ3) is 5.03. The summed E-state index contributed by atoms with van der Waals surface area (Å²) in [4.78, 5) is 15.7. The van der Waals surface area contributed by atoms with E-state index in [2.05, 4.69) is 20.1 Å². The average Bonchev–Trinajstić information content (AvgIpc) is 2.90. The second-order valence-corrected chi connectivity index (χ2v) is 6.33. The Morgan fingerprint density at radius 1 is 1.24 bits per heavy atom. The Labute approximate surface area is 164 Å². The Kier molecular flexibility index (Phi) is 5.44. The first-order chi connectivity index (χ1) is 13.6. The molecule has 0 aliphatic rings. The maximum Gasteiger partial charge on any atom is 0.573 e. The van der Waals surface area contributed by atoms with Gasteiger partial charge in [-0.05, 0) is 38.1 Å². The molecule has 0 fully saturated rings. The Hall–Kier alpha value is -3.56.